The van der Waals surface area contributed by atoms with E-state index in [0.29, 0.717) is 0 Å². The molecule has 0 amide bonds. The van der Waals surface area contributed by atoms with Gasteiger partial charge in [-0.05, 0) is 54.2 Å². The lowest BCUT2D eigenvalue weighted by atomic mass is 10.0. The molecular weight excluding hydrogens is 617 g/mol. The molecule has 42 heavy (non-hydrogen) atoms. The zero-order valence-electron chi connectivity index (χ0n) is 26.6. The second-order valence-electron chi connectivity index (χ2n) is 14.1. The molecule has 4 aromatic rings. The average molecular weight is 659 g/mol. The Bertz CT molecular complexity index is 1540. The average Bonchev–Trinajstić information content (AvgIpc) is 3.56. The van der Waals surface area contributed by atoms with Gasteiger partial charge in [0.1, 0.15) is 0 Å². The third-order valence-electron chi connectivity index (χ3n) is 9.30. The van der Waals surface area contributed by atoms with Crippen LogP contribution in [0.4, 0.5) is 0 Å². The minimum absolute atomic E-state index is 0.217. The Balaban J connectivity index is 1.91. The van der Waals surface area contributed by atoms with E-state index in [0.717, 1.165) is 41.7 Å². The van der Waals surface area contributed by atoms with Crippen LogP contribution in [0, 0.1) is 11.8 Å². The Morgan fingerprint density at radius 3 is 1.17 bits per heavy atom. The van der Waals surface area contributed by atoms with Crippen molar-refractivity contribution in [3.05, 3.63) is 105 Å². The summed E-state index contributed by atoms with van der Waals surface area (Å²) in [6.45, 7) is 24.1. The molecule has 0 saturated heterocycles. The summed E-state index contributed by atoms with van der Waals surface area (Å²) < 4.78 is 2.89. The lowest BCUT2D eigenvalue weighted by Gasteiger charge is -2.35. The highest BCUT2D eigenvalue weighted by molar-refractivity contribution is 7.81. The van der Waals surface area contributed by atoms with E-state index in [1.165, 1.54) is 9.00 Å². The van der Waals surface area contributed by atoms with Crippen LogP contribution in [0.2, 0.25) is 36.3 Å². The summed E-state index contributed by atoms with van der Waals surface area (Å²) in [6, 6.07) is 25.4. The number of hydrogen-bond acceptors (Lipinski definition) is 4. The minimum Gasteiger partial charge on any atom is -0.136 e. The second-order valence-corrected chi connectivity index (χ2v) is 28.3. The molecule has 2 aromatic carbocycles. The van der Waals surface area contributed by atoms with Crippen LogP contribution in [0.1, 0.15) is 73.6 Å². The highest BCUT2D eigenvalue weighted by Gasteiger charge is 2.40. The number of rotatable bonds is 6. The second kappa shape index (κ2) is 12.2. The molecule has 6 heteroatoms. The van der Waals surface area contributed by atoms with E-state index in [1.807, 2.05) is 34.8 Å². The third-order valence-corrected chi connectivity index (χ3v) is 25.9. The molecule has 0 fully saturated rings. The van der Waals surface area contributed by atoms with Gasteiger partial charge in [0.2, 0.25) is 0 Å². The monoisotopic (exact) mass is 658 g/mol. The largest absolute Gasteiger partial charge is 0.136 e. The van der Waals surface area contributed by atoms with Crippen LogP contribution in [-0.4, -0.2) is 25.9 Å². The molecule has 0 radical (unpaired) electrons. The van der Waals surface area contributed by atoms with Crippen LogP contribution in [0.25, 0.3) is 0 Å². The molecule has 218 valence electrons. The van der Waals surface area contributed by atoms with Crippen molar-refractivity contribution in [1.29, 1.82) is 0 Å². The van der Waals surface area contributed by atoms with Crippen LogP contribution in [0.15, 0.2) is 72.8 Å². The fourth-order valence-electron chi connectivity index (χ4n) is 4.26. The minimum atomic E-state index is -1.78. The number of benzene rings is 2. The quantitative estimate of drug-likeness (QED) is 0.0875. The lowest BCUT2D eigenvalue weighted by molar-refractivity contribution is 0.730. The van der Waals surface area contributed by atoms with Crippen LogP contribution >= 0.6 is 47.1 Å². The summed E-state index contributed by atoms with van der Waals surface area (Å²) in [4.78, 5) is 3.86. The first kappa shape index (κ1) is 32.9. The smallest absolute Gasteiger partial charge is 0.0988 e. The van der Waals surface area contributed by atoms with Crippen molar-refractivity contribution in [3.8, 4) is 11.8 Å². The molecule has 0 N–H and O–H groups in total. The van der Waals surface area contributed by atoms with Gasteiger partial charge in [-0.2, -0.15) is 0 Å². The summed E-state index contributed by atoms with van der Waals surface area (Å²) in [7, 11) is -3.57. The van der Waals surface area contributed by atoms with Crippen molar-refractivity contribution in [1.82, 2.24) is 0 Å². The van der Waals surface area contributed by atoms with Crippen LogP contribution in [0.3, 0.4) is 0 Å². The van der Waals surface area contributed by atoms with Crippen LogP contribution in [0.5, 0.6) is 0 Å². The molecule has 0 unspecified atom stereocenters. The lowest BCUT2D eigenvalue weighted by Crippen LogP contribution is -2.47. The molecule has 2 aromatic heterocycles. The molecule has 0 aliphatic heterocycles. The predicted octanol–water partition coefficient (Wildman–Crippen LogP) is 10.2. The van der Waals surface area contributed by atoms with Crippen molar-refractivity contribution in [2.75, 3.05) is 0 Å². The maximum absolute atomic E-state index is 6.10. The van der Waals surface area contributed by atoms with Crippen molar-refractivity contribution in [3.63, 3.8) is 0 Å². The van der Waals surface area contributed by atoms with Gasteiger partial charge in [0.15, 0.2) is 0 Å². The Morgan fingerprint density at radius 1 is 0.571 bits per heavy atom. The molecule has 0 aliphatic carbocycles. The fourth-order valence-corrected chi connectivity index (χ4v) is 13.5. The molecule has 0 atom stereocenters. The van der Waals surface area contributed by atoms with Gasteiger partial charge >= 0.3 is 0 Å². The topological polar surface area (TPSA) is 0 Å². The molecule has 0 saturated carbocycles. The molecule has 2 heterocycles. The normalized spacial score (nSPS) is 12.5. The van der Waals surface area contributed by atoms with Crippen molar-refractivity contribution in [2.45, 2.75) is 77.8 Å². The van der Waals surface area contributed by atoms with Gasteiger partial charge < -0.3 is 0 Å². The van der Waals surface area contributed by atoms with Crippen LogP contribution < -0.4 is 9.00 Å². The summed E-state index contributed by atoms with van der Waals surface area (Å²) in [5, 5.41) is 0.435. The zero-order valence-corrected chi connectivity index (χ0v) is 31.8. The highest BCUT2D eigenvalue weighted by Crippen LogP contribution is 2.39. The van der Waals surface area contributed by atoms with Gasteiger partial charge in [-0.15, -0.1) is 22.7 Å². The van der Waals surface area contributed by atoms with E-state index < -0.39 is 16.1 Å². The van der Waals surface area contributed by atoms with Gasteiger partial charge in [-0.25, -0.2) is 0 Å². The Hall–Kier alpha value is -1.99. The molecule has 0 spiro atoms. The van der Waals surface area contributed by atoms with E-state index >= 15 is 0 Å². The molecule has 0 aliphatic rings. The Labute approximate surface area is 274 Å². The third kappa shape index (κ3) is 6.57. The van der Waals surface area contributed by atoms with Gasteiger partial charge in [-0.1, -0.05) is 153 Å². The van der Waals surface area contributed by atoms with Crippen LogP contribution in [-0.2, 0) is 0 Å². The van der Waals surface area contributed by atoms with Crippen molar-refractivity contribution in [2.24, 2.45) is 0 Å². The first-order valence-electron chi connectivity index (χ1n) is 14.5. The fraction of sp³-hybridized carbons (Fsp3) is 0.333. The van der Waals surface area contributed by atoms with Gasteiger partial charge in [0.25, 0.3) is 0 Å². The maximum atomic E-state index is 6.10. The molecule has 4 rings (SSSR count). The van der Waals surface area contributed by atoms with E-state index in [2.05, 4.69) is 140 Å². The first-order chi connectivity index (χ1) is 19.4. The van der Waals surface area contributed by atoms with E-state index in [1.54, 1.807) is 0 Å². The maximum Gasteiger partial charge on any atom is 0.0988 e. The summed E-state index contributed by atoms with van der Waals surface area (Å²) in [5.41, 5.74) is 4.30. The predicted molar refractivity (Wildman–Crippen MR) is 203 cm³/mol. The SMILES string of the molecule is CC(C)(C)[Si](C)(C)c1cc(C(=S)c2ccccc2)c(C#Cc2sc([Si](C)(C)C(C)(C)C)cc2C(=S)c2ccccc2)s1. The van der Waals surface area contributed by atoms with Gasteiger partial charge in [0, 0.05) is 11.1 Å². The van der Waals surface area contributed by atoms with Crippen molar-refractivity contribution < 1.29 is 0 Å². The highest BCUT2D eigenvalue weighted by atomic mass is 32.1. The first-order valence-corrected chi connectivity index (χ1v) is 22.9. The molecule has 0 bridgehead atoms. The summed E-state index contributed by atoms with van der Waals surface area (Å²) >= 11 is 15.9. The standard InChI is InChI=1S/C36H42S4Si2/c1-35(2,3)41(7,8)31-23-27(33(37)25-17-13-11-14-18-25)29(39-31)21-22-30-28(34(38)26-19-15-12-16-20-26)24-32(40-30)42(9,10)36(4,5)6/h11-20,23-24H,1-10H3. The number of hydrogen-bond donors (Lipinski definition) is 0. The van der Waals surface area contributed by atoms with E-state index in [-0.39, 0.29) is 10.1 Å². The Morgan fingerprint density at radius 2 is 0.881 bits per heavy atom. The van der Waals surface area contributed by atoms with E-state index in [9.17, 15) is 0 Å². The van der Waals surface area contributed by atoms with Gasteiger partial charge in [0.05, 0.1) is 35.6 Å². The number of thiophene rings is 2. The molecule has 0 nitrogen and oxygen atoms in total. The van der Waals surface area contributed by atoms with Gasteiger partial charge in [-0.3, -0.25) is 0 Å². The summed E-state index contributed by atoms with van der Waals surface area (Å²) in [6.07, 6.45) is 0. The molecular formula is C36H42S4Si2. The van der Waals surface area contributed by atoms with Crippen molar-refractivity contribution >= 4 is 82.0 Å². The Kier molecular flexibility index (Phi) is 9.55. The zero-order chi connectivity index (χ0) is 31.1. The van der Waals surface area contributed by atoms with E-state index in [4.69, 9.17) is 24.4 Å². The number of thiocarbonyl (C=S) groups is 2. The summed E-state index contributed by atoms with van der Waals surface area (Å²) in [5.74, 6) is 7.29.